The highest BCUT2D eigenvalue weighted by molar-refractivity contribution is 5.91. The zero-order valence-corrected chi connectivity index (χ0v) is 19.9. The van der Waals surface area contributed by atoms with Crippen LogP contribution in [0.5, 0.6) is 5.75 Å². The molecule has 35 heavy (non-hydrogen) atoms. The van der Waals surface area contributed by atoms with Gasteiger partial charge in [0.25, 0.3) is 5.91 Å². The quantitative estimate of drug-likeness (QED) is 0.292. The van der Waals surface area contributed by atoms with Crippen LogP contribution in [0.25, 0.3) is 16.9 Å². The first-order valence-corrected chi connectivity index (χ1v) is 11.2. The minimum atomic E-state index is -0.598. The number of ether oxygens (including phenoxy) is 2. The zero-order chi connectivity index (χ0) is 24.9. The van der Waals surface area contributed by atoms with E-state index >= 15 is 0 Å². The van der Waals surface area contributed by atoms with Crippen LogP contribution in [0.4, 0.5) is 21.6 Å². The summed E-state index contributed by atoms with van der Waals surface area (Å²) in [7, 11) is 1.62. The molecule has 0 atom stereocenters. The van der Waals surface area contributed by atoms with Crippen molar-refractivity contribution in [2.75, 3.05) is 37.5 Å². The molecule has 2 aromatic heterocycles. The number of aromatic nitrogens is 2. The lowest BCUT2D eigenvalue weighted by Crippen LogP contribution is -2.20. The molecule has 0 saturated heterocycles. The number of para-hydroxylation sites is 1. The van der Waals surface area contributed by atoms with Gasteiger partial charge >= 0.3 is 0 Å². The van der Waals surface area contributed by atoms with Gasteiger partial charge < -0.3 is 25.8 Å². The summed E-state index contributed by atoms with van der Waals surface area (Å²) in [6.45, 7) is 4.72. The van der Waals surface area contributed by atoms with Crippen molar-refractivity contribution in [3.05, 3.63) is 71.7 Å². The molecule has 4 rings (SSSR count). The van der Waals surface area contributed by atoms with E-state index in [9.17, 15) is 9.18 Å². The molecule has 4 aromatic rings. The average molecular weight is 478 g/mol. The number of imidazole rings is 1. The molecule has 0 aliphatic heterocycles. The highest BCUT2D eigenvalue weighted by Gasteiger charge is 2.23. The minimum Gasteiger partial charge on any atom is -0.483 e. The largest absolute Gasteiger partial charge is 0.483 e. The first-order valence-electron chi connectivity index (χ1n) is 11.2. The number of pyridine rings is 1. The summed E-state index contributed by atoms with van der Waals surface area (Å²) < 4.78 is 26.9. The van der Waals surface area contributed by atoms with Crippen LogP contribution in [-0.4, -0.2) is 42.2 Å². The van der Waals surface area contributed by atoms with Gasteiger partial charge in [-0.1, -0.05) is 24.3 Å². The van der Waals surface area contributed by atoms with Crippen molar-refractivity contribution in [1.82, 2.24) is 9.38 Å². The van der Waals surface area contributed by atoms with Crippen molar-refractivity contribution < 1.29 is 18.7 Å². The summed E-state index contributed by atoms with van der Waals surface area (Å²) in [6, 6.07) is 14.4. The summed E-state index contributed by atoms with van der Waals surface area (Å²) >= 11 is 0. The predicted molar refractivity (Wildman–Crippen MR) is 135 cm³/mol. The third kappa shape index (κ3) is 5.20. The predicted octanol–water partition coefficient (Wildman–Crippen LogP) is 4.42. The number of carbonyl (C=O) groups is 1. The van der Waals surface area contributed by atoms with Crippen molar-refractivity contribution in [1.29, 1.82) is 0 Å². The molecule has 0 aliphatic rings. The van der Waals surface area contributed by atoms with Gasteiger partial charge in [0.2, 0.25) is 0 Å². The Labute approximate surface area is 202 Å². The Morgan fingerprint density at radius 2 is 1.86 bits per heavy atom. The molecule has 1 amide bonds. The Morgan fingerprint density at radius 1 is 1.11 bits per heavy atom. The molecule has 0 saturated carbocycles. The number of primary amides is 1. The third-order valence-electron chi connectivity index (χ3n) is 5.56. The lowest BCUT2D eigenvalue weighted by molar-refractivity contribution is -0.119. The number of methoxy groups -OCH3 is 1. The molecule has 0 spiro atoms. The second kappa shape index (κ2) is 10.4. The van der Waals surface area contributed by atoms with Gasteiger partial charge in [-0.2, -0.15) is 0 Å². The molecule has 9 heteroatoms. The maximum atomic E-state index is 14.3. The molecule has 8 nitrogen and oxygen atoms in total. The fraction of sp³-hybridized carbons (Fsp3) is 0.231. The van der Waals surface area contributed by atoms with Crippen LogP contribution in [-0.2, 0) is 9.53 Å². The number of benzene rings is 2. The fourth-order valence-electron chi connectivity index (χ4n) is 3.92. The number of hydrogen-bond donors (Lipinski definition) is 3. The number of carbonyl (C=O) groups excluding carboxylic acids is 1. The Balaban J connectivity index is 1.94. The Kier molecular flexibility index (Phi) is 7.17. The van der Waals surface area contributed by atoms with Gasteiger partial charge in [0.1, 0.15) is 28.7 Å². The first-order chi connectivity index (χ1) is 16.9. The molecule has 0 radical (unpaired) electrons. The van der Waals surface area contributed by atoms with Crippen LogP contribution < -0.4 is 21.1 Å². The maximum Gasteiger partial charge on any atom is 0.255 e. The number of rotatable bonds is 10. The number of halogens is 1. The van der Waals surface area contributed by atoms with E-state index in [-0.39, 0.29) is 6.61 Å². The van der Waals surface area contributed by atoms with Gasteiger partial charge in [0.15, 0.2) is 6.61 Å². The smallest absolute Gasteiger partial charge is 0.255 e. The standard InChI is InChI=1S/C26H28FN5O3/c1-16-6-4-7-17(2)24(16)31-26-25(30-22-11-10-18(27)14-32(22)26)23-19(29-12-13-34-3)8-5-9-20(23)35-15-21(28)33/h4-11,14,29,31H,12-13,15H2,1-3H3,(H2,28,33). The summed E-state index contributed by atoms with van der Waals surface area (Å²) in [5.74, 6) is -0.0242. The molecule has 2 aromatic carbocycles. The van der Waals surface area contributed by atoms with Gasteiger partial charge in [-0.15, -0.1) is 0 Å². The summed E-state index contributed by atoms with van der Waals surface area (Å²) in [5.41, 5.74) is 10.7. The third-order valence-corrected chi connectivity index (χ3v) is 5.56. The van der Waals surface area contributed by atoms with Crippen LogP contribution in [0.3, 0.4) is 0 Å². The Morgan fingerprint density at radius 3 is 2.57 bits per heavy atom. The van der Waals surface area contributed by atoms with E-state index in [2.05, 4.69) is 10.6 Å². The number of anilines is 3. The Bertz CT molecular complexity index is 1350. The molecule has 0 aliphatic carbocycles. The van der Waals surface area contributed by atoms with Gasteiger partial charge in [0.05, 0.1) is 12.2 Å². The van der Waals surface area contributed by atoms with Crippen molar-refractivity contribution in [2.24, 2.45) is 5.73 Å². The summed E-state index contributed by atoms with van der Waals surface area (Å²) in [6.07, 6.45) is 1.38. The van der Waals surface area contributed by atoms with Crippen LogP contribution in [0.1, 0.15) is 11.1 Å². The molecule has 0 bridgehead atoms. The van der Waals surface area contributed by atoms with Gasteiger partial charge in [-0.25, -0.2) is 9.37 Å². The molecule has 0 unspecified atom stereocenters. The minimum absolute atomic E-state index is 0.295. The second-order valence-corrected chi connectivity index (χ2v) is 8.13. The molecule has 182 valence electrons. The monoisotopic (exact) mass is 477 g/mol. The number of hydrogen-bond acceptors (Lipinski definition) is 6. The highest BCUT2D eigenvalue weighted by atomic mass is 19.1. The van der Waals surface area contributed by atoms with Crippen LogP contribution >= 0.6 is 0 Å². The maximum absolute atomic E-state index is 14.3. The van der Waals surface area contributed by atoms with Crippen molar-refractivity contribution in [3.8, 4) is 17.0 Å². The van der Waals surface area contributed by atoms with Gasteiger partial charge in [0, 0.05) is 31.2 Å². The number of aryl methyl sites for hydroxylation is 2. The molecule has 4 N–H and O–H groups in total. The number of fused-ring (bicyclic) bond motifs is 1. The van der Waals surface area contributed by atoms with Crippen molar-refractivity contribution in [3.63, 3.8) is 0 Å². The number of nitrogens with two attached hydrogens (primary N) is 1. The van der Waals surface area contributed by atoms with E-state index in [1.54, 1.807) is 23.6 Å². The number of nitrogens with one attached hydrogen (secondary N) is 2. The van der Waals surface area contributed by atoms with Crippen LogP contribution in [0, 0.1) is 19.7 Å². The van der Waals surface area contributed by atoms with Crippen molar-refractivity contribution >= 4 is 28.7 Å². The molecular weight excluding hydrogens is 449 g/mol. The van der Waals surface area contributed by atoms with E-state index in [1.165, 1.54) is 12.3 Å². The van der Waals surface area contributed by atoms with E-state index < -0.39 is 11.7 Å². The highest BCUT2D eigenvalue weighted by Crippen LogP contribution is 2.42. The lowest BCUT2D eigenvalue weighted by Gasteiger charge is -2.18. The molecule has 0 fully saturated rings. The van der Waals surface area contributed by atoms with Gasteiger partial charge in [-0.05, 0) is 49.2 Å². The summed E-state index contributed by atoms with van der Waals surface area (Å²) in [4.78, 5) is 16.3. The Hall–Kier alpha value is -4.11. The molecular formula is C26H28FN5O3. The zero-order valence-electron chi connectivity index (χ0n) is 19.9. The molecule has 2 heterocycles. The van der Waals surface area contributed by atoms with E-state index in [0.717, 1.165) is 22.5 Å². The van der Waals surface area contributed by atoms with Gasteiger partial charge in [-0.3, -0.25) is 9.20 Å². The SMILES string of the molecule is COCCNc1cccc(OCC(N)=O)c1-c1nc2ccc(F)cn2c1Nc1c(C)cccc1C. The lowest BCUT2D eigenvalue weighted by atomic mass is 10.1. The van der Waals surface area contributed by atoms with E-state index in [0.29, 0.717) is 41.6 Å². The average Bonchev–Trinajstić information content (AvgIpc) is 3.17. The van der Waals surface area contributed by atoms with Crippen molar-refractivity contribution in [2.45, 2.75) is 13.8 Å². The number of nitrogens with zero attached hydrogens (tertiary/aromatic N) is 2. The summed E-state index contributed by atoms with van der Waals surface area (Å²) in [5, 5.41) is 6.82. The number of amides is 1. The van der Waals surface area contributed by atoms with Crippen LogP contribution in [0.15, 0.2) is 54.7 Å². The fourth-order valence-corrected chi connectivity index (χ4v) is 3.92. The topological polar surface area (TPSA) is 103 Å². The second-order valence-electron chi connectivity index (χ2n) is 8.13. The first kappa shape index (κ1) is 24.0. The normalized spacial score (nSPS) is 11.0. The van der Waals surface area contributed by atoms with Crippen LogP contribution in [0.2, 0.25) is 0 Å². The van der Waals surface area contributed by atoms with E-state index in [1.807, 2.05) is 44.2 Å². The van der Waals surface area contributed by atoms with E-state index in [4.69, 9.17) is 20.2 Å².